The highest BCUT2D eigenvalue weighted by Gasteiger charge is 2.25. The average Bonchev–Trinajstić information content (AvgIpc) is 3.19. The molecule has 0 aliphatic heterocycles. The molecule has 0 bridgehead atoms. The van der Waals surface area contributed by atoms with Gasteiger partial charge in [-0.2, -0.15) is 0 Å². The zero-order valence-electron chi connectivity index (χ0n) is 11.1. The van der Waals surface area contributed by atoms with Crippen molar-refractivity contribution in [2.24, 2.45) is 0 Å². The minimum Gasteiger partial charge on any atom is -0.352 e. The number of carbonyl (C=O) groups is 1. The van der Waals surface area contributed by atoms with E-state index in [0.29, 0.717) is 11.6 Å². The molecule has 7 heteroatoms. The van der Waals surface area contributed by atoms with E-state index in [0.717, 1.165) is 17.3 Å². The molecule has 1 aliphatic rings. The minimum atomic E-state index is -0.418. The van der Waals surface area contributed by atoms with Crippen molar-refractivity contribution >= 4 is 27.5 Å². The molecule has 0 heterocycles. The van der Waals surface area contributed by atoms with E-state index in [1.165, 1.54) is 6.07 Å². The normalized spacial score (nSPS) is 15.7. The fourth-order valence-electron chi connectivity index (χ4n) is 1.78. The molecule has 6 nitrogen and oxygen atoms in total. The molecule has 1 fully saturated rings. The van der Waals surface area contributed by atoms with Gasteiger partial charge < -0.3 is 10.6 Å². The molecule has 1 atom stereocenters. The summed E-state index contributed by atoms with van der Waals surface area (Å²) in [4.78, 5) is 22.3. The zero-order valence-corrected chi connectivity index (χ0v) is 12.6. The quantitative estimate of drug-likeness (QED) is 0.613. The maximum Gasteiger partial charge on any atom is 0.273 e. The van der Waals surface area contributed by atoms with Crippen LogP contribution in [0.3, 0.4) is 0 Å². The van der Waals surface area contributed by atoms with Crippen LogP contribution in [0.1, 0.15) is 25.3 Å². The maximum absolute atomic E-state index is 11.8. The second kappa shape index (κ2) is 6.32. The summed E-state index contributed by atoms with van der Waals surface area (Å²) in [5.41, 5.74) is 0.603. The fourth-order valence-corrected chi connectivity index (χ4v) is 2.19. The molecule has 1 aliphatic carbocycles. The highest BCUT2D eigenvalue weighted by atomic mass is 79.9. The number of benzene rings is 1. The van der Waals surface area contributed by atoms with Crippen LogP contribution in [0.2, 0.25) is 0 Å². The molecule has 20 heavy (non-hydrogen) atoms. The summed E-state index contributed by atoms with van der Waals surface area (Å²) in [6, 6.07) is 4.71. The van der Waals surface area contributed by atoms with E-state index < -0.39 is 4.92 Å². The van der Waals surface area contributed by atoms with Crippen molar-refractivity contribution in [2.75, 3.05) is 0 Å². The number of nitrogens with one attached hydrogen (secondary N) is 2. The molecule has 0 spiro atoms. The summed E-state index contributed by atoms with van der Waals surface area (Å²) >= 11 is 3.29. The SMILES string of the molecule is CC(NCc1cc(Br)ccc1[N+](=O)[O-])C(=O)NC1CC1. The molecule has 1 saturated carbocycles. The van der Waals surface area contributed by atoms with E-state index in [9.17, 15) is 14.9 Å². The predicted molar refractivity (Wildman–Crippen MR) is 78.3 cm³/mol. The van der Waals surface area contributed by atoms with Crippen molar-refractivity contribution in [3.05, 3.63) is 38.3 Å². The fraction of sp³-hybridized carbons (Fsp3) is 0.462. The third-order valence-electron chi connectivity index (χ3n) is 3.15. The summed E-state index contributed by atoms with van der Waals surface area (Å²) in [6.45, 7) is 2.02. The van der Waals surface area contributed by atoms with Crippen LogP contribution in [-0.4, -0.2) is 22.9 Å². The number of hydrogen-bond donors (Lipinski definition) is 2. The van der Waals surface area contributed by atoms with Crippen molar-refractivity contribution in [1.29, 1.82) is 0 Å². The van der Waals surface area contributed by atoms with E-state index >= 15 is 0 Å². The summed E-state index contributed by atoms with van der Waals surface area (Å²) < 4.78 is 0.773. The van der Waals surface area contributed by atoms with Crippen molar-refractivity contribution in [3.63, 3.8) is 0 Å². The Bertz CT molecular complexity index is 532. The van der Waals surface area contributed by atoms with Crippen molar-refractivity contribution in [2.45, 2.75) is 38.4 Å². The van der Waals surface area contributed by atoms with Crippen LogP contribution in [0, 0.1) is 10.1 Å². The molecule has 1 amide bonds. The second-order valence-corrected chi connectivity index (χ2v) is 5.83. The number of amides is 1. The highest BCUT2D eigenvalue weighted by molar-refractivity contribution is 9.10. The Labute approximate surface area is 125 Å². The first-order valence-electron chi connectivity index (χ1n) is 6.44. The monoisotopic (exact) mass is 341 g/mol. The first-order valence-corrected chi connectivity index (χ1v) is 7.23. The van der Waals surface area contributed by atoms with Gasteiger partial charge in [-0.15, -0.1) is 0 Å². The van der Waals surface area contributed by atoms with Crippen LogP contribution in [-0.2, 0) is 11.3 Å². The Morgan fingerprint density at radius 1 is 1.55 bits per heavy atom. The standard InChI is InChI=1S/C13H16BrN3O3/c1-8(13(18)16-11-3-4-11)15-7-9-6-10(14)2-5-12(9)17(19)20/h2,5-6,8,11,15H,3-4,7H2,1H3,(H,16,18). The average molecular weight is 342 g/mol. The first-order chi connectivity index (χ1) is 9.47. The van der Waals surface area contributed by atoms with Crippen LogP contribution in [0.25, 0.3) is 0 Å². The molecule has 2 rings (SSSR count). The van der Waals surface area contributed by atoms with Gasteiger partial charge >= 0.3 is 0 Å². The summed E-state index contributed by atoms with van der Waals surface area (Å²) in [7, 11) is 0. The third kappa shape index (κ3) is 4.01. The molecule has 108 valence electrons. The second-order valence-electron chi connectivity index (χ2n) is 4.92. The summed E-state index contributed by atoms with van der Waals surface area (Å²) in [6.07, 6.45) is 2.07. The number of nitrogens with zero attached hydrogens (tertiary/aromatic N) is 1. The Balaban J connectivity index is 1.96. The van der Waals surface area contributed by atoms with E-state index in [1.54, 1.807) is 19.1 Å². The van der Waals surface area contributed by atoms with Gasteiger partial charge in [0.1, 0.15) is 0 Å². The summed E-state index contributed by atoms with van der Waals surface area (Å²) in [5, 5.41) is 16.9. The van der Waals surface area contributed by atoms with Crippen LogP contribution in [0.5, 0.6) is 0 Å². The molecule has 1 aromatic rings. The van der Waals surface area contributed by atoms with Gasteiger partial charge in [0.15, 0.2) is 0 Å². The van der Waals surface area contributed by atoms with Crippen molar-refractivity contribution < 1.29 is 9.72 Å². The van der Waals surface area contributed by atoms with E-state index in [4.69, 9.17) is 0 Å². The van der Waals surface area contributed by atoms with E-state index in [-0.39, 0.29) is 24.2 Å². The van der Waals surface area contributed by atoms with Gasteiger partial charge in [0.25, 0.3) is 5.69 Å². The lowest BCUT2D eigenvalue weighted by Gasteiger charge is -2.14. The van der Waals surface area contributed by atoms with E-state index in [2.05, 4.69) is 26.6 Å². The maximum atomic E-state index is 11.8. The Morgan fingerprint density at radius 3 is 2.85 bits per heavy atom. The van der Waals surface area contributed by atoms with Gasteiger partial charge in [-0.3, -0.25) is 14.9 Å². The number of halogens is 1. The number of nitro groups is 1. The van der Waals surface area contributed by atoms with Crippen molar-refractivity contribution in [3.8, 4) is 0 Å². The van der Waals surface area contributed by atoms with Gasteiger partial charge in [0, 0.05) is 28.7 Å². The Kier molecular flexibility index (Phi) is 4.72. The molecular weight excluding hydrogens is 326 g/mol. The Hall–Kier alpha value is -1.47. The highest BCUT2D eigenvalue weighted by Crippen LogP contribution is 2.23. The van der Waals surface area contributed by atoms with Gasteiger partial charge in [-0.1, -0.05) is 15.9 Å². The van der Waals surface area contributed by atoms with Gasteiger partial charge in [-0.25, -0.2) is 0 Å². The molecule has 2 N–H and O–H groups in total. The minimum absolute atomic E-state index is 0.0514. The van der Waals surface area contributed by atoms with Crippen LogP contribution in [0.15, 0.2) is 22.7 Å². The van der Waals surface area contributed by atoms with Crippen LogP contribution >= 0.6 is 15.9 Å². The lowest BCUT2D eigenvalue weighted by atomic mass is 10.1. The number of nitro benzene ring substituents is 1. The molecule has 0 radical (unpaired) electrons. The van der Waals surface area contributed by atoms with Gasteiger partial charge in [0.2, 0.25) is 5.91 Å². The first kappa shape index (κ1) is 14.9. The van der Waals surface area contributed by atoms with Crippen LogP contribution in [0.4, 0.5) is 5.69 Å². The topological polar surface area (TPSA) is 84.3 Å². The number of carbonyl (C=O) groups excluding carboxylic acids is 1. The largest absolute Gasteiger partial charge is 0.352 e. The molecule has 1 aromatic carbocycles. The molecule has 0 saturated heterocycles. The predicted octanol–water partition coefficient (Wildman–Crippen LogP) is 2.11. The third-order valence-corrected chi connectivity index (χ3v) is 3.65. The molecule has 1 unspecified atom stereocenters. The van der Waals surface area contributed by atoms with Crippen molar-refractivity contribution in [1.82, 2.24) is 10.6 Å². The van der Waals surface area contributed by atoms with Crippen LogP contribution < -0.4 is 10.6 Å². The summed E-state index contributed by atoms with van der Waals surface area (Å²) in [5.74, 6) is -0.0647. The van der Waals surface area contributed by atoms with Gasteiger partial charge in [0.05, 0.1) is 11.0 Å². The lowest BCUT2D eigenvalue weighted by molar-refractivity contribution is -0.385. The van der Waals surface area contributed by atoms with E-state index in [1.807, 2.05) is 0 Å². The smallest absolute Gasteiger partial charge is 0.273 e. The number of rotatable bonds is 6. The zero-order chi connectivity index (χ0) is 14.7. The lowest BCUT2D eigenvalue weighted by Crippen LogP contribution is -2.42. The Morgan fingerprint density at radius 2 is 2.25 bits per heavy atom. The molecular formula is C13H16BrN3O3. The molecule has 0 aromatic heterocycles. The van der Waals surface area contributed by atoms with Gasteiger partial charge in [-0.05, 0) is 31.9 Å². The number of hydrogen-bond acceptors (Lipinski definition) is 4.